The van der Waals surface area contributed by atoms with Crippen LogP contribution in [0.2, 0.25) is 0 Å². The van der Waals surface area contributed by atoms with E-state index in [0.29, 0.717) is 52.6 Å². The van der Waals surface area contributed by atoms with Gasteiger partial charge in [0.05, 0.1) is 51.9 Å². The van der Waals surface area contributed by atoms with E-state index in [1.807, 2.05) is 109 Å². The number of carboxylic acids is 3. The molecule has 3 heterocycles. The van der Waals surface area contributed by atoms with Gasteiger partial charge < -0.3 is 29.5 Å². The summed E-state index contributed by atoms with van der Waals surface area (Å²) in [5, 5.41) is 31.5. The molecule has 10 rings (SSSR count). The predicted molar refractivity (Wildman–Crippen MR) is 267 cm³/mol. The molecule has 0 saturated carbocycles. The van der Waals surface area contributed by atoms with Crippen LogP contribution < -0.4 is 14.7 Å². The first-order valence-electron chi connectivity index (χ1n) is 23.2. The number of cyclic esters (lactones) is 3. The normalized spacial score (nSPS) is 17.4. The molecule has 0 aromatic heterocycles. The Balaban J connectivity index is 1.13. The van der Waals surface area contributed by atoms with E-state index in [-0.39, 0.29) is 53.6 Å². The fourth-order valence-electron chi connectivity index (χ4n) is 9.78. The molecule has 0 bridgehead atoms. The van der Waals surface area contributed by atoms with Gasteiger partial charge in [-0.25, -0.2) is 28.8 Å². The average molecular weight is 964 g/mol. The summed E-state index contributed by atoms with van der Waals surface area (Å²) < 4.78 is 16.6. The molecule has 3 aliphatic rings. The van der Waals surface area contributed by atoms with E-state index in [0.717, 1.165) is 16.7 Å². The van der Waals surface area contributed by atoms with Crippen molar-refractivity contribution in [3.8, 4) is 33.4 Å². The first kappa shape index (κ1) is 46.5. The summed E-state index contributed by atoms with van der Waals surface area (Å²) in [7, 11) is 0. The molecule has 7 aromatic carbocycles. The second kappa shape index (κ2) is 19.6. The van der Waals surface area contributed by atoms with Gasteiger partial charge in [-0.1, -0.05) is 109 Å². The van der Waals surface area contributed by atoms with Crippen molar-refractivity contribution in [3.63, 3.8) is 0 Å². The second-order valence-corrected chi connectivity index (χ2v) is 17.8. The summed E-state index contributed by atoms with van der Waals surface area (Å²) >= 11 is 0. The van der Waals surface area contributed by atoms with Crippen LogP contribution in [0.3, 0.4) is 0 Å². The van der Waals surface area contributed by atoms with Gasteiger partial charge in [0, 0.05) is 0 Å². The van der Waals surface area contributed by atoms with Crippen molar-refractivity contribution in [2.75, 3.05) is 34.5 Å². The topological polar surface area (TPSA) is 201 Å². The van der Waals surface area contributed by atoms with Crippen molar-refractivity contribution in [2.24, 2.45) is 0 Å². The Labute approximate surface area is 412 Å². The molecule has 15 heteroatoms. The monoisotopic (exact) mass is 963 g/mol. The zero-order chi connectivity index (χ0) is 50.0. The number of hydrogen-bond acceptors (Lipinski definition) is 9. The van der Waals surface area contributed by atoms with E-state index < -0.39 is 54.3 Å². The van der Waals surface area contributed by atoms with Gasteiger partial charge in [-0.05, 0) is 124 Å². The minimum absolute atomic E-state index is 0.0214. The molecule has 3 fully saturated rings. The number of carbonyl (C=O) groups excluding carboxylic acids is 3. The first-order valence-corrected chi connectivity index (χ1v) is 23.2. The van der Waals surface area contributed by atoms with Crippen LogP contribution in [0.1, 0.15) is 47.8 Å². The van der Waals surface area contributed by atoms with Crippen molar-refractivity contribution in [1.29, 1.82) is 0 Å². The molecule has 15 nitrogen and oxygen atoms in total. The lowest BCUT2D eigenvalue weighted by atomic mass is 9.91. The Morgan fingerprint density at radius 2 is 0.639 bits per heavy atom. The van der Waals surface area contributed by atoms with Gasteiger partial charge in [-0.15, -0.1) is 0 Å². The number of carbonyl (C=O) groups is 6. The molecule has 72 heavy (non-hydrogen) atoms. The largest absolute Gasteiger partial charge is 0.478 e. The van der Waals surface area contributed by atoms with Gasteiger partial charge in [0.2, 0.25) is 0 Å². The number of aromatic carboxylic acids is 3. The van der Waals surface area contributed by atoms with Crippen molar-refractivity contribution in [3.05, 3.63) is 197 Å². The van der Waals surface area contributed by atoms with E-state index in [2.05, 4.69) is 0 Å². The van der Waals surface area contributed by atoms with Crippen molar-refractivity contribution < 1.29 is 58.3 Å². The Hall–Kier alpha value is -9.24. The molecule has 0 radical (unpaired) electrons. The summed E-state index contributed by atoms with van der Waals surface area (Å²) in [5.41, 5.74) is 5.65. The van der Waals surface area contributed by atoms with Crippen LogP contribution in [0.5, 0.6) is 0 Å². The standard InChI is InChI=1S/C57H45N3O12/c61-52(62)46-19-16-37(28-49(46)58-43(31-70-55(58)67)22-34-10-4-1-5-11-34)40-25-41(38-17-20-47(53(63)64)50(29-38)59-44(32-71-56(59)68)23-35-12-6-2-7-13-35)27-42(26-40)39-18-21-48(54(65)66)51(30-39)60-45(33-72-57(60)69)24-36-14-8-3-9-15-36/h1-21,25-30,43-45H,22-24,31-33H2,(H,61,62)(H,63,64)(H,65,66)/t43-,44-,45-/m0/s1. The summed E-state index contributed by atoms with van der Waals surface area (Å²) in [6.07, 6.45) is -0.983. The third-order valence-corrected chi connectivity index (χ3v) is 13.2. The molecule has 3 atom stereocenters. The second-order valence-electron chi connectivity index (χ2n) is 17.8. The van der Waals surface area contributed by atoms with Crippen LogP contribution in [0, 0.1) is 0 Å². The molecule has 3 saturated heterocycles. The molecule has 3 aliphatic heterocycles. The number of benzene rings is 7. The summed E-state index contributed by atoms with van der Waals surface area (Å²) in [4.78, 5) is 83.4. The zero-order valence-corrected chi connectivity index (χ0v) is 38.4. The van der Waals surface area contributed by atoms with Gasteiger partial charge in [0.25, 0.3) is 0 Å². The Bertz CT molecular complexity index is 2920. The number of carboxylic acid groups (broad SMARTS) is 3. The molecule has 0 unspecified atom stereocenters. The smallest absolute Gasteiger partial charge is 0.414 e. The van der Waals surface area contributed by atoms with Crippen molar-refractivity contribution in [2.45, 2.75) is 37.4 Å². The minimum atomic E-state index is -1.27. The number of ether oxygens (including phenoxy) is 3. The Kier molecular flexibility index (Phi) is 12.7. The van der Waals surface area contributed by atoms with E-state index in [1.165, 1.54) is 32.9 Å². The molecular formula is C57H45N3O12. The number of amides is 3. The highest BCUT2D eigenvalue weighted by Crippen LogP contribution is 2.41. The highest BCUT2D eigenvalue weighted by atomic mass is 16.6. The fraction of sp³-hybridized carbons (Fsp3) is 0.158. The van der Waals surface area contributed by atoms with Crippen molar-refractivity contribution >= 4 is 53.2 Å². The minimum Gasteiger partial charge on any atom is -0.478 e. The lowest BCUT2D eigenvalue weighted by Crippen LogP contribution is -2.36. The lowest BCUT2D eigenvalue weighted by molar-refractivity contribution is 0.0686. The maximum Gasteiger partial charge on any atom is 0.414 e. The first-order chi connectivity index (χ1) is 34.9. The zero-order valence-electron chi connectivity index (χ0n) is 38.4. The molecular weight excluding hydrogens is 919 g/mol. The fourth-order valence-corrected chi connectivity index (χ4v) is 9.78. The molecule has 3 amide bonds. The van der Waals surface area contributed by atoms with Crippen LogP contribution in [-0.4, -0.2) is 89.5 Å². The van der Waals surface area contributed by atoms with Gasteiger partial charge in [-0.2, -0.15) is 0 Å². The summed E-state index contributed by atoms with van der Waals surface area (Å²) in [6, 6.07) is 46.1. The van der Waals surface area contributed by atoms with Crippen LogP contribution in [0.15, 0.2) is 164 Å². The van der Waals surface area contributed by atoms with E-state index in [1.54, 1.807) is 36.4 Å². The molecule has 7 aromatic rings. The van der Waals surface area contributed by atoms with Crippen LogP contribution in [-0.2, 0) is 33.5 Å². The third-order valence-electron chi connectivity index (χ3n) is 13.2. The van der Waals surface area contributed by atoms with Gasteiger partial charge >= 0.3 is 36.2 Å². The Morgan fingerprint density at radius 1 is 0.375 bits per heavy atom. The molecule has 3 N–H and O–H groups in total. The predicted octanol–water partition coefficient (Wildman–Crippen LogP) is 10.5. The van der Waals surface area contributed by atoms with Crippen LogP contribution in [0.25, 0.3) is 33.4 Å². The SMILES string of the molecule is O=C(O)c1ccc(-c2cc(-c3ccc(C(=O)O)c(N4C(=O)OC[C@@H]4Cc4ccccc4)c3)cc(-c3ccc(C(=O)O)c(N4C(=O)OC[C@@H]4Cc4ccccc4)c3)c2)cc1N1C(=O)OC[C@@H]1Cc1ccccc1. The average Bonchev–Trinajstić information content (AvgIpc) is 4.07. The van der Waals surface area contributed by atoms with Crippen LogP contribution in [0.4, 0.5) is 31.4 Å². The van der Waals surface area contributed by atoms with E-state index >= 15 is 0 Å². The number of nitrogens with zero attached hydrogens (tertiary/aromatic N) is 3. The highest BCUT2D eigenvalue weighted by molar-refractivity contribution is 6.05. The quantitative estimate of drug-likeness (QED) is 0.0823. The molecule has 360 valence electrons. The number of hydrogen-bond donors (Lipinski definition) is 3. The van der Waals surface area contributed by atoms with Gasteiger partial charge in [-0.3, -0.25) is 14.7 Å². The highest BCUT2D eigenvalue weighted by Gasteiger charge is 2.39. The van der Waals surface area contributed by atoms with Gasteiger partial charge in [0.1, 0.15) is 19.8 Å². The number of anilines is 3. The van der Waals surface area contributed by atoms with Gasteiger partial charge in [0.15, 0.2) is 0 Å². The molecule has 0 aliphatic carbocycles. The van der Waals surface area contributed by atoms with Crippen LogP contribution >= 0.6 is 0 Å². The maximum atomic E-state index is 13.6. The number of rotatable bonds is 15. The Morgan fingerprint density at radius 3 is 0.889 bits per heavy atom. The molecule has 0 spiro atoms. The van der Waals surface area contributed by atoms with E-state index in [9.17, 15) is 44.1 Å². The summed E-state index contributed by atoms with van der Waals surface area (Å²) in [5.74, 6) is -3.80. The third kappa shape index (κ3) is 9.30. The maximum absolute atomic E-state index is 13.6. The van der Waals surface area contributed by atoms with E-state index in [4.69, 9.17) is 14.2 Å². The lowest BCUT2D eigenvalue weighted by Gasteiger charge is -2.25. The van der Waals surface area contributed by atoms with Crippen molar-refractivity contribution in [1.82, 2.24) is 0 Å². The summed E-state index contributed by atoms with van der Waals surface area (Å²) in [6.45, 7) is 0.0641.